The van der Waals surface area contributed by atoms with Gasteiger partial charge in [-0.3, -0.25) is 4.79 Å². The SMILES string of the molecule is CC/C=C\C/C=C\C/C=C\C/C=C\C/C=C\CCCC(=O)OC(COCCCCCCCC/C=C\C/C=C\CCCCCC)COC1OC(COC2OC(CO)C(O)C(O)C2O)C(O)C(O)C1O. The number of carbonyl (C=O) groups is 1. The van der Waals surface area contributed by atoms with Crippen molar-refractivity contribution >= 4 is 5.97 Å². The van der Waals surface area contributed by atoms with E-state index in [0.29, 0.717) is 19.4 Å². The van der Waals surface area contributed by atoms with Gasteiger partial charge in [0.25, 0.3) is 0 Å². The van der Waals surface area contributed by atoms with E-state index in [9.17, 15) is 40.5 Å². The van der Waals surface area contributed by atoms with Crippen LogP contribution in [-0.2, 0) is 33.2 Å². The summed E-state index contributed by atoms with van der Waals surface area (Å²) in [6.07, 6.45) is 35.0. The molecule has 2 heterocycles. The molecule has 390 valence electrons. The number of carbonyl (C=O) groups excluding carboxylic acids is 1. The zero-order chi connectivity index (χ0) is 49.5. The van der Waals surface area contributed by atoms with Crippen LogP contribution in [0.15, 0.2) is 85.1 Å². The molecule has 2 saturated heterocycles. The molecule has 2 aliphatic heterocycles. The summed E-state index contributed by atoms with van der Waals surface area (Å²) in [5.74, 6) is -0.440. The fourth-order valence-corrected chi connectivity index (χ4v) is 7.47. The Balaban J connectivity index is 1.81. The first-order valence-corrected chi connectivity index (χ1v) is 25.7. The molecule has 2 aliphatic rings. The highest BCUT2D eigenvalue weighted by molar-refractivity contribution is 5.69. The van der Waals surface area contributed by atoms with E-state index in [1.54, 1.807) is 0 Å². The molecule has 0 radical (unpaired) electrons. The lowest BCUT2D eigenvalue weighted by Crippen LogP contribution is -2.61. The van der Waals surface area contributed by atoms with Crippen molar-refractivity contribution in [2.45, 2.75) is 216 Å². The molecule has 0 aromatic heterocycles. The number of ether oxygens (including phenoxy) is 6. The van der Waals surface area contributed by atoms with Crippen LogP contribution in [0.25, 0.3) is 0 Å². The molecule has 68 heavy (non-hydrogen) atoms. The summed E-state index contributed by atoms with van der Waals surface area (Å²) in [6, 6.07) is 0. The first-order chi connectivity index (χ1) is 33.1. The van der Waals surface area contributed by atoms with E-state index in [2.05, 4.69) is 92.8 Å². The van der Waals surface area contributed by atoms with Crippen LogP contribution >= 0.6 is 0 Å². The maximum absolute atomic E-state index is 13.0. The van der Waals surface area contributed by atoms with Crippen LogP contribution in [0.2, 0.25) is 0 Å². The zero-order valence-corrected chi connectivity index (χ0v) is 41.3. The fraction of sp³-hybridized carbons (Fsp3) is 0.722. The third kappa shape index (κ3) is 28.1. The summed E-state index contributed by atoms with van der Waals surface area (Å²) in [5.41, 5.74) is 0. The molecule has 11 unspecified atom stereocenters. The second kappa shape index (κ2) is 40.9. The van der Waals surface area contributed by atoms with E-state index in [1.807, 2.05) is 6.08 Å². The number of hydrogen-bond acceptors (Lipinski definition) is 14. The highest BCUT2D eigenvalue weighted by Crippen LogP contribution is 2.26. The molecule has 14 nitrogen and oxygen atoms in total. The van der Waals surface area contributed by atoms with Crippen molar-refractivity contribution in [3.8, 4) is 0 Å². The molecule has 14 heteroatoms. The quantitative estimate of drug-likeness (QED) is 0.0179. The molecule has 0 aromatic carbocycles. The van der Waals surface area contributed by atoms with Gasteiger partial charge in [-0.05, 0) is 83.5 Å². The number of aliphatic hydroxyl groups excluding tert-OH is 7. The third-order valence-electron chi connectivity index (χ3n) is 11.6. The molecular formula is C54H90O14. The van der Waals surface area contributed by atoms with E-state index in [-0.39, 0.29) is 19.6 Å². The zero-order valence-electron chi connectivity index (χ0n) is 41.3. The normalized spacial score (nSPS) is 26.6. The van der Waals surface area contributed by atoms with Gasteiger partial charge in [-0.25, -0.2) is 0 Å². The molecule has 0 spiro atoms. The number of hydrogen-bond donors (Lipinski definition) is 7. The van der Waals surface area contributed by atoms with Gasteiger partial charge in [-0.1, -0.05) is 144 Å². The van der Waals surface area contributed by atoms with Crippen LogP contribution in [0.1, 0.15) is 149 Å². The topological polar surface area (TPSA) is 214 Å². The Morgan fingerprint density at radius 2 is 0.956 bits per heavy atom. The number of aliphatic hydroxyl groups is 7. The summed E-state index contributed by atoms with van der Waals surface area (Å²) in [6.45, 7) is 3.43. The van der Waals surface area contributed by atoms with Gasteiger partial charge in [-0.2, -0.15) is 0 Å². The van der Waals surface area contributed by atoms with Crippen LogP contribution in [0, 0.1) is 0 Å². The van der Waals surface area contributed by atoms with Gasteiger partial charge in [0.2, 0.25) is 0 Å². The van der Waals surface area contributed by atoms with E-state index >= 15 is 0 Å². The van der Waals surface area contributed by atoms with Gasteiger partial charge in [0.15, 0.2) is 12.6 Å². The molecule has 2 rings (SSSR count). The maximum atomic E-state index is 13.0. The predicted molar refractivity (Wildman–Crippen MR) is 265 cm³/mol. The average molecular weight is 963 g/mol. The monoisotopic (exact) mass is 963 g/mol. The van der Waals surface area contributed by atoms with Crippen molar-refractivity contribution in [1.82, 2.24) is 0 Å². The summed E-state index contributed by atoms with van der Waals surface area (Å²) in [5, 5.41) is 72.1. The van der Waals surface area contributed by atoms with E-state index in [0.717, 1.165) is 70.6 Å². The number of allylic oxidation sites excluding steroid dienone is 14. The second-order valence-corrected chi connectivity index (χ2v) is 17.6. The van der Waals surface area contributed by atoms with Gasteiger partial charge >= 0.3 is 5.97 Å². The Kier molecular flexibility index (Phi) is 36.8. The fourth-order valence-electron chi connectivity index (χ4n) is 7.47. The van der Waals surface area contributed by atoms with Gasteiger partial charge in [0.1, 0.15) is 54.9 Å². The summed E-state index contributed by atoms with van der Waals surface area (Å²) >= 11 is 0. The average Bonchev–Trinajstić information content (AvgIpc) is 3.33. The van der Waals surface area contributed by atoms with E-state index in [4.69, 9.17) is 28.4 Å². The van der Waals surface area contributed by atoms with Crippen molar-refractivity contribution < 1.29 is 69.0 Å². The van der Waals surface area contributed by atoms with Gasteiger partial charge in [-0.15, -0.1) is 0 Å². The van der Waals surface area contributed by atoms with E-state index in [1.165, 1.54) is 44.9 Å². The Bertz CT molecular complexity index is 1440. The van der Waals surface area contributed by atoms with Crippen LogP contribution in [-0.4, -0.2) is 142 Å². The van der Waals surface area contributed by atoms with E-state index < -0.39 is 86.7 Å². The van der Waals surface area contributed by atoms with Gasteiger partial charge in [0, 0.05) is 13.0 Å². The summed E-state index contributed by atoms with van der Waals surface area (Å²) in [7, 11) is 0. The first kappa shape index (κ1) is 61.3. The number of unbranched alkanes of at least 4 members (excludes halogenated alkanes) is 11. The summed E-state index contributed by atoms with van der Waals surface area (Å²) in [4.78, 5) is 13.0. The Labute approximate surface area is 408 Å². The molecule has 11 atom stereocenters. The molecule has 0 saturated carbocycles. The molecule has 0 aliphatic carbocycles. The standard InChI is InChI=1S/C54H90O14/c1-3-5-7-9-11-13-15-17-19-21-23-25-27-29-31-33-35-37-46(56)66-43(40-63-38-36-34-32-30-28-26-24-22-20-18-16-14-12-10-8-6-4-2)41-64-53-52(62)50(60)48(58)45(68-53)42-65-54-51(61)49(59)47(57)44(39-55)67-54/h5,7,11,13-14,16-17,19-20,22-23,25,29,31,43-45,47-55,57-62H,3-4,6,8-10,12,15,18,21,24,26-28,30,32-42H2,1-2H3/b7-5-,13-11-,16-14-,19-17-,22-20-,25-23-,31-29-. The molecule has 0 aromatic rings. The molecule has 0 amide bonds. The van der Waals surface area contributed by atoms with Crippen molar-refractivity contribution in [2.75, 3.05) is 33.0 Å². The van der Waals surface area contributed by atoms with Crippen molar-refractivity contribution in [3.63, 3.8) is 0 Å². The minimum Gasteiger partial charge on any atom is -0.457 e. The molecule has 2 fully saturated rings. The molecule has 7 N–H and O–H groups in total. The minimum atomic E-state index is -1.72. The predicted octanol–water partition coefficient (Wildman–Crippen LogP) is 7.68. The third-order valence-corrected chi connectivity index (χ3v) is 11.6. The lowest BCUT2D eigenvalue weighted by molar-refractivity contribution is -0.332. The van der Waals surface area contributed by atoms with Crippen molar-refractivity contribution in [1.29, 1.82) is 0 Å². The Morgan fingerprint density at radius 3 is 1.50 bits per heavy atom. The number of rotatable bonds is 39. The van der Waals surface area contributed by atoms with Crippen molar-refractivity contribution in [2.24, 2.45) is 0 Å². The van der Waals surface area contributed by atoms with Crippen LogP contribution in [0.3, 0.4) is 0 Å². The Morgan fingerprint density at radius 1 is 0.500 bits per heavy atom. The second-order valence-electron chi connectivity index (χ2n) is 17.6. The Hall–Kier alpha value is -2.83. The molecule has 0 bridgehead atoms. The van der Waals surface area contributed by atoms with Crippen molar-refractivity contribution in [3.05, 3.63) is 85.1 Å². The van der Waals surface area contributed by atoms with Gasteiger partial charge in [0.05, 0.1) is 26.4 Å². The van der Waals surface area contributed by atoms with Crippen LogP contribution in [0.5, 0.6) is 0 Å². The minimum absolute atomic E-state index is 0.0263. The smallest absolute Gasteiger partial charge is 0.306 e. The lowest BCUT2D eigenvalue weighted by Gasteiger charge is -2.42. The highest BCUT2D eigenvalue weighted by atomic mass is 16.7. The van der Waals surface area contributed by atoms with Crippen LogP contribution in [0.4, 0.5) is 0 Å². The molecular weight excluding hydrogens is 873 g/mol. The largest absolute Gasteiger partial charge is 0.457 e. The number of esters is 1. The van der Waals surface area contributed by atoms with Gasteiger partial charge < -0.3 is 64.2 Å². The van der Waals surface area contributed by atoms with Crippen LogP contribution < -0.4 is 0 Å². The summed E-state index contributed by atoms with van der Waals surface area (Å²) < 4.78 is 34.2. The highest BCUT2D eigenvalue weighted by Gasteiger charge is 2.47. The lowest BCUT2D eigenvalue weighted by atomic mass is 9.98. The maximum Gasteiger partial charge on any atom is 0.306 e. The first-order valence-electron chi connectivity index (χ1n) is 25.7.